The van der Waals surface area contributed by atoms with Crippen LogP contribution in [0.25, 0.3) is 0 Å². The molecule has 2 heterocycles. The number of piperidine rings is 1. The van der Waals surface area contributed by atoms with E-state index in [-0.39, 0.29) is 17.5 Å². The minimum atomic E-state index is 0.0361. The number of nitrogens with one attached hydrogen (secondary N) is 1. The summed E-state index contributed by atoms with van der Waals surface area (Å²) in [7, 11) is 0. The van der Waals surface area contributed by atoms with Crippen LogP contribution in [0.5, 0.6) is 0 Å². The van der Waals surface area contributed by atoms with Crippen LogP contribution in [-0.4, -0.2) is 43.2 Å². The highest BCUT2D eigenvalue weighted by atomic mass is 16.2. The Morgan fingerprint density at radius 3 is 2.58 bits per heavy atom. The van der Waals surface area contributed by atoms with Crippen LogP contribution in [0.4, 0.5) is 10.5 Å². The van der Waals surface area contributed by atoms with Gasteiger partial charge in [0, 0.05) is 30.2 Å². The van der Waals surface area contributed by atoms with Gasteiger partial charge in [0.15, 0.2) is 0 Å². The summed E-state index contributed by atoms with van der Waals surface area (Å²) < 4.78 is 0. The van der Waals surface area contributed by atoms with E-state index in [1.807, 2.05) is 18.7 Å². The Hall–Kier alpha value is -1.81. The summed E-state index contributed by atoms with van der Waals surface area (Å²) in [6.07, 6.45) is 4.55. The molecule has 2 aliphatic heterocycles. The normalized spacial score (nSPS) is 18.9. The van der Waals surface area contributed by atoms with Crippen LogP contribution in [-0.2, 0) is 5.41 Å². The highest BCUT2D eigenvalue weighted by Gasteiger charge is 2.46. The van der Waals surface area contributed by atoms with Gasteiger partial charge >= 0.3 is 6.03 Å². The maximum Gasteiger partial charge on any atom is 0.322 e. The lowest BCUT2D eigenvalue weighted by Gasteiger charge is -2.39. The molecule has 142 valence electrons. The van der Waals surface area contributed by atoms with Crippen molar-refractivity contribution in [2.45, 2.75) is 58.9 Å². The molecule has 0 atom stereocenters. The molecule has 0 aliphatic carbocycles. The first-order valence-corrected chi connectivity index (χ1v) is 9.86. The molecular weight excluding hydrogens is 322 g/mol. The molecule has 0 aromatic heterocycles. The number of rotatable bonds is 3. The zero-order chi connectivity index (χ0) is 18.9. The second-order valence-corrected chi connectivity index (χ2v) is 8.57. The molecule has 4 heteroatoms. The van der Waals surface area contributed by atoms with Crippen molar-refractivity contribution in [3.8, 4) is 0 Å². The number of nitrogens with zero attached hydrogens (tertiary/aromatic N) is 2. The van der Waals surface area contributed by atoms with Crippen molar-refractivity contribution >= 4 is 11.7 Å². The van der Waals surface area contributed by atoms with Gasteiger partial charge in [0.2, 0.25) is 0 Å². The van der Waals surface area contributed by atoms with E-state index in [2.05, 4.69) is 55.3 Å². The summed E-state index contributed by atoms with van der Waals surface area (Å²) in [4.78, 5) is 17.3. The molecule has 4 nitrogen and oxygen atoms in total. The molecule has 0 bridgehead atoms. The Morgan fingerprint density at radius 2 is 1.96 bits per heavy atom. The lowest BCUT2D eigenvalue weighted by Crippen LogP contribution is -2.48. The van der Waals surface area contributed by atoms with E-state index in [1.54, 1.807) is 0 Å². The number of aryl methyl sites for hydroxylation is 1. The first-order chi connectivity index (χ1) is 12.3. The van der Waals surface area contributed by atoms with Gasteiger partial charge in [0.1, 0.15) is 0 Å². The number of carbonyl (C=O) groups is 1. The van der Waals surface area contributed by atoms with Crippen molar-refractivity contribution in [2.75, 3.05) is 31.1 Å². The molecule has 0 saturated carbocycles. The van der Waals surface area contributed by atoms with Crippen LogP contribution in [0.3, 0.4) is 0 Å². The Morgan fingerprint density at radius 1 is 1.27 bits per heavy atom. The van der Waals surface area contributed by atoms with Crippen molar-refractivity contribution < 1.29 is 4.79 Å². The Balaban J connectivity index is 1.82. The smallest absolute Gasteiger partial charge is 0.322 e. The molecule has 2 amide bonds. The van der Waals surface area contributed by atoms with Crippen molar-refractivity contribution in [2.24, 2.45) is 0 Å². The minimum absolute atomic E-state index is 0.0361. The zero-order valence-corrected chi connectivity index (χ0v) is 16.9. The van der Waals surface area contributed by atoms with Gasteiger partial charge in [-0.25, -0.2) is 4.79 Å². The van der Waals surface area contributed by atoms with Gasteiger partial charge in [-0.05, 0) is 72.2 Å². The highest BCUT2D eigenvalue weighted by Crippen LogP contribution is 2.47. The van der Waals surface area contributed by atoms with Gasteiger partial charge in [0.05, 0.1) is 0 Å². The largest absolute Gasteiger partial charge is 0.336 e. The fourth-order valence-corrected chi connectivity index (χ4v) is 4.19. The predicted octanol–water partition coefficient (Wildman–Crippen LogP) is 4.23. The van der Waals surface area contributed by atoms with E-state index in [9.17, 15) is 4.79 Å². The number of hydrogen-bond donors (Lipinski definition) is 1. The molecule has 1 aromatic carbocycles. The van der Waals surface area contributed by atoms with Crippen LogP contribution in [0.1, 0.15) is 51.7 Å². The number of likely N-dealkylation sites (tertiary alicyclic amines) is 1. The topological polar surface area (TPSA) is 35.6 Å². The van der Waals surface area contributed by atoms with Crippen molar-refractivity contribution in [3.05, 3.63) is 41.0 Å². The highest BCUT2D eigenvalue weighted by molar-refractivity contribution is 5.95. The fourth-order valence-electron chi connectivity index (χ4n) is 4.19. The van der Waals surface area contributed by atoms with Crippen molar-refractivity contribution in [1.29, 1.82) is 0 Å². The van der Waals surface area contributed by atoms with Crippen molar-refractivity contribution in [1.82, 2.24) is 10.2 Å². The molecule has 1 saturated heterocycles. The second kappa shape index (κ2) is 7.43. The average Bonchev–Trinajstić information content (AvgIpc) is 2.88. The average molecular weight is 356 g/mol. The number of hydrogen-bond acceptors (Lipinski definition) is 2. The van der Waals surface area contributed by atoms with Crippen LogP contribution in [0.15, 0.2) is 29.8 Å². The third-order valence-electron chi connectivity index (χ3n) is 5.70. The summed E-state index contributed by atoms with van der Waals surface area (Å²) in [5.74, 6) is 0. The van der Waals surface area contributed by atoms with Gasteiger partial charge in [-0.3, -0.25) is 9.80 Å². The van der Waals surface area contributed by atoms with Crippen LogP contribution in [0, 0.1) is 6.92 Å². The monoisotopic (exact) mass is 355 g/mol. The minimum Gasteiger partial charge on any atom is -0.336 e. The van der Waals surface area contributed by atoms with Gasteiger partial charge in [-0.1, -0.05) is 29.3 Å². The zero-order valence-electron chi connectivity index (χ0n) is 16.9. The summed E-state index contributed by atoms with van der Waals surface area (Å²) in [5, 5.41) is 3.07. The maximum absolute atomic E-state index is 12.8. The van der Waals surface area contributed by atoms with E-state index in [4.69, 9.17) is 0 Å². The third-order valence-corrected chi connectivity index (χ3v) is 5.70. The summed E-state index contributed by atoms with van der Waals surface area (Å²) >= 11 is 0. The molecule has 1 spiro atoms. The molecule has 1 N–H and O–H groups in total. The molecule has 1 aromatic rings. The van der Waals surface area contributed by atoms with E-state index < -0.39 is 0 Å². The molecule has 26 heavy (non-hydrogen) atoms. The van der Waals surface area contributed by atoms with Gasteiger partial charge in [-0.2, -0.15) is 0 Å². The second-order valence-electron chi connectivity index (χ2n) is 8.57. The van der Waals surface area contributed by atoms with Gasteiger partial charge in [0.25, 0.3) is 0 Å². The van der Waals surface area contributed by atoms with Crippen LogP contribution in [0.2, 0.25) is 0 Å². The number of carbonyl (C=O) groups excluding carboxylic acids is 1. The molecule has 2 aliphatic rings. The first-order valence-electron chi connectivity index (χ1n) is 9.86. The summed E-state index contributed by atoms with van der Waals surface area (Å²) in [5.41, 5.74) is 5.24. The third kappa shape index (κ3) is 3.80. The number of anilines is 1. The number of fused-ring (bicyclic) bond motifs is 2. The van der Waals surface area contributed by atoms with Gasteiger partial charge in [-0.15, -0.1) is 0 Å². The van der Waals surface area contributed by atoms with Gasteiger partial charge < -0.3 is 5.32 Å². The summed E-state index contributed by atoms with van der Waals surface area (Å²) in [6, 6.07) is 6.75. The Bertz CT molecular complexity index is 695. The lowest BCUT2D eigenvalue weighted by molar-refractivity contribution is 0.179. The maximum atomic E-state index is 12.8. The molecule has 0 radical (unpaired) electrons. The number of benzene rings is 1. The Labute approximate surface area is 158 Å². The van der Waals surface area contributed by atoms with E-state index in [0.29, 0.717) is 0 Å². The van der Waals surface area contributed by atoms with E-state index in [0.717, 1.165) is 44.7 Å². The van der Waals surface area contributed by atoms with Crippen LogP contribution < -0.4 is 10.2 Å². The number of amides is 2. The van der Waals surface area contributed by atoms with Crippen LogP contribution >= 0.6 is 0 Å². The number of urea groups is 1. The lowest BCUT2D eigenvalue weighted by atomic mass is 9.74. The summed E-state index contributed by atoms with van der Waals surface area (Å²) in [6.45, 7) is 14.5. The predicted molar refractivity (Wildman–Crippen MR) is 109 cm³/mol. The standard InChI is InChI=1S/C22H33N3O/c1-16(2)8-11-24-12-9-22(10-13-24)15-25(21(26)23-17(3)4)20-7-6-18(5)14-19(20)22/h6-8,14,17H,9-13,15H2,1-5H3,(H,23,26). The number of allylic oxidation sites excluding steroid dienone is 1. The van der Waals surface area contributed by atoms with Crippen molar-refractivity contribution in [3.63, 3.8) is 0 Å². The molecule has 3 rings (SSSR count). The fraction of sp³-hybridized carbons (Fsp3) is 0.591. The molecular formula is C22H33N3O. The molecule has 0 unspecified atom stereocenters. The molecule has 1 fully saturated rings. The first kappa shape index (κ1) is 19.0. The van der Waals surface area contributed by atoms with E-state index in [1.165, 1.54) is 16.7 Å². The Kier molecular flexibility index (Phi) is 5.42. The SMILES string of the molecule is CC(C)=CCN1CCC2(CC1)CN(C(=O)NC(C)C)c1ccc(C)cc12. The quantitative estimate of drug-likeness (QED) is 0.824. The van der Waals surface area contributed by atoms with E-state index >= 15 is 0 Å².